The molecule has 0 unspecified atom stereocenters. The molecule has 9 heteroatoms. The Kier molecular flexibility index (Phi) is 6.66. The van der Waals surface area contributed by atoms with Crippen LogP contribution in [0.3, 0.4) is 0 Å². The van der Waals surface area contributed by atoms with Crippen LogP contribution in [-0.2, 0) is 20.9 Å². The molecule has 2 fully saturated rings. The van der Waals surface area contributed by atoms with Crippen molar-refractivity contribution in [2.75, 3.05) is 38.2 Å². The number of hydrogen-bond acceptors (Lipinski definition) is 5. The van der Waals surface area contributed by atoms with Gasteiger partial charge in [0.25, 0.3) is 0 Å². The van der Waals surface area contributed by atoms with E-state index in [9.17, 15) is 9.59 Å². The zero-order valence-corrected chi connectivity index (χ0v) is 17.5. The van der Waals surface area contributed by atoms with Gasteiger partial charge in [0.05, 0.1) is 37.7 Å². The number of morpholine rings is 1. The average Bonchev–Trinajstić information content (AvgIpc) is 3.51. The minimum absolute atomic E-state index is 0.184. The molecule has 1 atom stereocenters. The number of ether oxygens (including phenoxy) is 1. The highest BCUT2D eigenvalue weighted by molar-refractivity contribution is 6.39. The quantitative estimate of drug-likeness (QED) is 0.655. The average molecular weight is 432 g/mol. The molecule has 2 aromatic rings. The van der Waals surface area contributed by atoms with Gasteiger partial charge >= 0.3 is 11.8 Å². The van der Waals surface area contributed by atoms with Crippen molar-refractivity contribution in [3.8, 4) is 0 Å². The molecule has 160 valence electrons. The second-order valence-corrected chi connectivity index (χ2v) is 8.18. The maximum Gasteiger partial charge on any atom is 0.313 e. The molecule has 1 aliphatic carbocycles. The summed E-state index contributed by atoms with van der Waals surface area (Å²) in [6.07, 6.45) is 5.36. The standard InChI is InChI=1S/C21H26ClN5O3/c22-17-5-3-16(4-6-17)19(15-1-2-15)25-21(29)20(28)24-18-13-23-27(14-18)8-7-26-9-11-30-12-10-26/h3-6,13-15,19H,1-2,7-12H2,(H,24,28)(H,25,29)/t19-/m0/s1. The molecule has 2 N–H and O–H groups in total. The highest BCUT2D eigenvalue weighted by Gasteiger charge is 2.34. The number of aromatic nitrogens is 2. The molecule has 1 saturated carbocycles. The van der Waals surface area contributed by atoms with E-state index < -0.39 is 11.8 Å². The van der Waals surface area contributed by atoms with Crippen LogP contribution in [0.5, 0.6) is 0 Å². The largest absolute Gasteiger partial charge is 0.379 e. The molecule has 0 spiro atoms. The summed E-state index contributed by atoms with van der Waals surface area (Å²) >= 11 is 5.96. The van der Waals surface area contributed by atoms with Gasteiger partial charge in [-0.3, -0.25) is 19.2 Å². The van der Waals surface area contributed by atoms with Crippen LogP contribution in [0.2, 0.25) is 5.02 Å². The smallest absolute Gasteiger partial charge is 0.313 e. The van der Waals surface area contributed by atoms with Crippen LogP contribution in [0.4, 0.5) is 5.69 Å². The van der Waals surface area contributed by atoms with E-state index in [1.807, 2.05) is 12.1 Å². The number of amides is 2. The van der Waals surface area contributed by atoms with E-state index in [4.69, 9.17) is 16.3 Å². The maximum absolute atomic E-state index is 12.5. The van der Waals surface area contributed by atoms with E-state index in [1.54, 1.807) is 29.2 Å². The number of nitrogens with one attached hydrogen (secondary N) is 2. The summed E-state index contributed by atoms with van der Waals surface area (Å²) in [5.41, 5.74) is 1.46. The maximum atomic E-state index is 12.5. The molecule has 2 heterocycles. The highest BCUT2D eigenvalue weighted by atomic mass is 35.5. The van der Waals surface area contributed by atoms with Gasteiger partial charge in [-0.05, 0) is 36.5 Å². The zero-order chi connectivity index (χ0) is 20.9. The van der Waals surface area contributed by atoms with E-state index in [0.29, 0.717) is 23.2 Å². The summed E-state index contributed by atoms with van der Waals surface area (Å²) in [6, 6.07) is 7.19. The Morgan fingerprint density at radius 2 is 1.87 bits per heavy atom. The normalized spacial score (nSPS) is 18.0. The number of nitrogens with zero attached hydrogens (tertiary/aromatic N) is 3. The van der Waals surface area contributed by atoms with Crippen LogP contribution in [0.25, 0.3) is 0 Å². The molecule has 30 heavy (non-hydrogen) atoms. The van der Waals surface area contributed by atoms with Gasteiger partial charge < -0.3 is 15.4 Å². The topological polar surface area (TPSA) is 88.5 Å². The first-order valence-electron chi connectivity index (χ1n) is 10.3. The summed E-state index contributed by atoms with van der Waals surface area (Å²) < 4.78 is 7.11. The fourth-order valence-corrected chi connectivity index (χ4v) is 3.71. The SMILES string of the molecule is O=C(Nc1cnn(CCN2CCOCC2)c1)C(=O)N[C@H](c1ccc(Cl)cc1)C1CC1. The van der Waals surface area contributed by atoms with Crippen LogP contribution in [0, 0.1) is 5.92 Å². The van der Waals surface area contributed by atoms with Gasteiger partial charge in [-0.25, -0.2) is 0 Å². The van der Waals surface area contributed by atoms with Crippen LogP contribution >= 0.6 is 11.6 Å². The first-order chi connectivity index (χ1) is 14.6. The summed E-state index contributed by atoms with van der Waals surface area (Å²) in [6.45, 7) is 4.92. The Morgan fingerprint density at radius 3 is 2.57 bits per heavy atom. The van der Waals surface area contributed by atoms with Crippen molar-refractivity contribution in [1.29, 1.82) is 0 Å². The van der Waals surface area contributed by atoms with Crippen molar-refractivity contribution in [2.24, 2.45) is 5.92 Å². The number of halogens is 1. The lowest BCUT2D eigenvalue weighted by molar-refractivity contribution is -0.136. The van der Waals surface area contributed by atoms with Gasteiger partial charge in [0.15, 0.2) is 0 Å². The first-order valence-corrected chi connectivity index (χ1v) is 10.7. The second-order valence-electron chi connectivity index (χ2n) is 7.74. The Bertz CT molecular complexity index is 875. The number of anilines is 1. The third-order valence-electron chi connectivity index (χ3n) is 5.46. The Labute approximate surface area is 180 Å². The van der Waals surface area contributed by atoms with Gasteiger partial charge in [-0.1, -0.05) is 23.7 Å². The number of carbonyl (C=O) groups is 2. The van der Waals surface area contributed by atoms with Crippen molar-refractivity contribution in [2.45, 2.75) is 25.4 Å². The number of benzene rings is 1. The van der Waals surface area contributed by atoms with E-state index in [0.717, 1.165) is 51.3 Å². The van der Waals surface area contributed by atoms with Crippen LogP contribution in [-0.4, -0.2) is 59.3 Å². The molecule has 1 saturated heterocycles. The van der Waals surface area contributed by atoms with Gasteiger partial charge in [0.2, 0.25) is 0 Å². The molecular weight excluding hydrogens is 406 g/mol. The zero-order valence-electron chi connectivity index (χ0n) is 16.7. The van der Waals surface area contributed by atoms with Crippen molar-refractivity contribution in [3.63, 3.8) is 0 Å². The third kappa shape index (κ3) is 5.59. The van der Waals surface area contributed by atoms with Crippen molar-refractivity contribution in [1.82, 2.24) is 20.0 Å². The second kappa shape index (κ2) is 9.59. The number of hydrogen-bond donors (Lipinski definition) is 2. The molecule has 8 nitrogen and oxygen atoms in total. The van der Waals surface area contributed by atoms with Crippen molar-refractivity contribution < 1.29 is 14.3 Å². The van der Waals surface area contributed by atoms with E-state index in [1.165, 1.54) is 0 Å². The highest BCUT2D eigenvalue weighted by Crippen LogP contribution is 2.41. The fourth-order valence-electron chi connectivity index (χ4n) is 3.59. The lowest BCUT2D eigenvalue weighted by Gasteiger charge is -2.26. The van der Waals surface area contributed by atoms with E-state index in [-0.39, 0.29) is 6.04 Å². The summed E-state index contributed by atoms with van der Waals surface area (Å²) in [5.74, 6) is -0.990. The van der Waals surface area contributed by atoms with Gasteiger partial charge in [0, 0.05) is 30.9 Å². The van der Waals surface area contributed by atoms with Crippen LogP contribution in [0.1, 0.15) is 24.4 Å². The lowest BCUT2D eigenvalue weighted by atomic mass is 10.0. The molecule has 2 aliphatic rings. The van der Waals surface area contributed by atoms with Gasteiger partial charge in [0.1, 0.15) is 0 Å². The fraction of sp³-hybridized carbons (Fsp3) is 0.476. The lowest BCUT2D eigenvalue weighted by Crippen LogP contribution is -2.38. The molecule has 2 amide bonds. The Hall–Kier alpha value is -2.42. The van der Waals surface area contributed by atoms with Gasteiger partial charge in [-0.15, -0.1) is 0 Å². The molecular formula is C21H26ClN5O3. The Morgan fingerprint density at radius 1 is 1.13 bits per heavy atom. The number of rotatable bonds is 7. The predicted molar refractivity (Wildman–Crippen MR) is 113 cm³/mol. The molecule has 1 aromatic heterocycles. The van der Waals surface area contributed by atoms with Gasteiger partial charge in [-0.2, -0.15) is 5.10 Å². The predicted octanol–water partition coefficient (Wildman–Crippen LogP) is 2.07. The molecule has 0 bridgehead atoms. The Balaban J connectivity index is 1.29. The van der Waals surface area contributed by atoms with Crippen LogP contribution in [0.15, 0.2) is 36.7 Å². The molecule has 1 aromatic carbocycles. The van der Waals surface area contributed by atoms with Crippen molar-refractivity contribution in [3.05, 3.63) is 47.2 Å². The van der Waals surface area contributed by atoms with E-state index >= 15 is 0 Å². The third-order valence-corrected chi connectivity index (χ3v) is 5.71. The monoisotopic (exact) mass is 431 g/mol. The summed E-state index contributed by atoms with van der Waals surface area (Å²) in [5, 5.41) is 10.4. The summed E-state index contributed by atoms with van der Waals surface area (Å²) in [7, 11) is 0. The van der Waals surface area contributed by atoms with Crippen molar-refractivity contribution >= 4 is 29.1 Å². The molecule has 4 rings (SSSR count). The minimum atomic E-state index is -0.692. The van der Waals surface area contributed by atoms with Crippen LogP contribution < -0.4 is 10.6 Å². The first kappa shape index (κ1) is 20.8. The molecule has 0 radical (unpaired) electrons. The molecule has 1 aliphatic heterocycles. The minimum Gasteiger partial charge on any atom is -0.379 e. The summed E-state index contributed by atoms with van der Waals surface area (Å²) in [4.78, 5) is 27.2. The number of carbonyl (C=O) groups excluding carboxylic acids is 2. The van der Waals surface area contributed by atoms with E-state index in [2.05, 4.69) is 20.6 Å².